The van der Waals surface area contributed by atoms with Gasteiger partial charge in [-0.25, -0.2) is 8.42 Å². The highest BCUT2D eigenvalue weighted by atomic mass is 32.2. The molecule has 3 aromatic rings. The molecule has 0 saturated carbocycles. The lowest BCUT2D eigenvalue weighted by Crippen LogP contribution is -2.13. The molecule has 2 N–H and O–H groups in total. The van der Waals surface area contributed by atoms with Crippen LogP contribution in [0.1, 0.15) is 17.5 Å². The van der Waals surface area contributed by atoms with Crippen LogP contribution in [0.3, 0.4) is 0 Å². The summed E-state index contributed by atoms with van der Waals surface area (Å²) < 4.78 is 27.7. The van der Waals surface area contributed by atoms with E-state index in [2.05, 4.69) is 19.9 Å². The molecular formula is C17H16N4O2S. The van der Waals surface area contributed by atoms with Gasteiger partial charge in [0, 0.05) is 24.0 Å². The van der Waals surface area contributed by atoms with Gasteiger partial charge in [0.25, 0.3) is 10.0 Å². The molecule has 0 aliphatic heterocycles. The Bertz CT molecular complexity index is 981. The molecule has 0 unspecified atom stereocenters. The second-order valence-electron chi connectivity index (χ2n) is 5.79. The quantitative estimate of drug-likeness (QED) is 0.764. The Morgan fingerprint density at radius 2 is 1.79 bits per heavy atom. The zero-order chi connectivity index (χ0) is 16.6. The van der Waals surface area contributed by atoms with Gasteiger partial charge in [-0.2, -0.15) is 5.10 Å². The zero-order valence-corrected chi connectivity index (χ0v) is 13.7. The average Bonchev–Trinajstić information content (AvgIpc) is 3.23. The van der Waals surface area contributed by atoms with Crippen molar-refractivity contribution in [3.8, 4) is 11.3 Å². The number of nitrogens with zero attached hydrogens (tertiary/aromatic N) is 2. The molecule has 0 bridgehead atoms. The number of nitrogens with one attached hydrogen (secondary N) is 2. The van der Waals surface area contributed by atoms with E-state index in [1.165, 1.54) is 5.56 Å². The van der Waals surface area contributed by atoms with Crippen molar-refractivity contribution in [2.24, 2.45) is 0 Å². The highest BCUT2D eigenvalue weighted by molar-refractivity contribution is 7.92. The maximum Gasteiger partial charge on any atom is 0.263 e. The summed E-state index contributed by atoms with van der Waals surface area (Å²) in [5.41, 5.74) is 3.98. The standard InChI is InChI=1S/C17H16N4O2S/c22-24(23,15-5-4-12-2-1-3-14(12)10-15)21-17-11-16(19-20-17)13-6-8-18-9-7-13/h4-11H,1-3H2,(H2,19,20,21). The Kier molecular flexibility index (Phi) is 3.57. The Morgan fingerprint density at radius 3 is 2.62 bits per heavy atom. The molecule has 0 fully saturated rings. The van der Waals surface area contributed by atoms with E-state index >= 15 is 0 Å². The van der Waals surface area contributed by atoms with Gasteiger partial charge in [-0.3, -0.25) is 14.8 Å². The second-order valence-corrected chi connectivity index (χ2v) is 7.47. The number of H-pyrrole nitrogens is 1. The van der Waals surface area contributed by atoms with Crippen LogP contribution >= 0.6 is 0 Å². The number of benzene rings is 1. The fourth-order valence-corrected chi connectivity index (χ4v) is 4.01. The lowest BCUT2D eigenvalue weighted by atomic mass is 10.1. The Morgan fingerprint density at radius 1 is 1.00 bits per heavy atom. The Labute approximate surface area is 140 Å². The molecule has 4 rings (SSSR count). The van der Waals surface area contributed by atoms with Crippen molar-refractivity contribution in [1.82, 2.24) is 15.2 Å². The highest BCUT2D eigenvalue weighted by Crippen LogP contribution is 2.26. The monoisotopic (exact) mass is 340 g/mol. The van der Waals surface area contributed by atoms with Crippen LogP contribution in [-0.4, -0.2) is 23.6 Å². The summed E-state index contributed by atoms with van der Waals surface area (Å²) in [4.78, 5) is 4.23. The normalized spacial score (nSPS) is 13.7. The van der Waals surface area contributed by atoms with E-state index in [-0.39, 0.29) is 10.7 Å². The van der Waals surface area contributed by atoms with Crippen LogP contribution in [-0.2, 0) is 22.9 Å². The molecule has 2 heterocycles. The van der Waals surface area contributed by atoms with E-state index in [1.54, 1.807) is 30.6 Å². The molecule has 1 aliphatic carbocycles. The average molecular weight is 340 g/mol. The molecule has 0 radical (unpaired) electrons. The molecule has 6 nitrogen and oxygen atoms in total. The van der Waals surface area contributed by atoms with Crippen molar-refractivity contribution in [2.45, 2.75) is 24.2 Å². The smallest absolute Gasteiger partial charge is 0.263 e. The van der Waals surface area contributed by atoms with Gasteiger partial charge < -0.3 is 0 Å². The Balaban J connectivity index is 1.59. The predicted octanol–water partition coefficient (Wildman–Crippen LogP) is 2.76. The third kappa shape index (κ3) is 2.78. The largest absolute Gasteiger partial charge is 0.276 e. The van der Waals surface area contributed by atoms with Crippen molar-refractivity contribution in [3.05, 3.63) is 59.9 Å². The van der Waals surface area contributed by atoms with Crippen molar-refractivity contribution in [1.29, 1.82) is 0 Å². The first-order valence-electron chi connectivity index (χ1n) is 7.72. The van der Waals surface area contributed by atoms with Crippen LogP contribution in [0.25, 0.3) is 11.3 Å². The number of sulfonamides is 1. The summed E-state index contributed by atoms with van der Waals surface area (Å²) in [6.07, 6.45) is 6.39. The number of aryl methyl sites for hydroxylation is 2. The Hall–Kier alpha value is -2.67. The van der Waals surface area contributed by atoms with Crippen molar-refractivity contribution < 1.29 is 8.42 Å². The lowest BCUT2D eigenvalue weighted by molar-refractivity contribution is 0.601. The minimum absolute atomic E-state index is 0.266. The van der Waals surface area contributed by atoms with E-state index in [0.717, 1.165) is 36.1 Å². The zero-order valence-electron chi connectivity index (χ0n) is 12.9. The van der Waals surface area contributed by atoms with E-state index in [9.17, 15) is 8.42 Å². The number of aromatic amines is 1. The van der Waals surface area contributed by atoms with Crippen LogP contribution in [0.5, 0.6) is 0 Å². The van der Waals surface area contributed by atoms with E-state index in [1.807, 2.05) is 18.2 Å². The number of hydrogen-bond acceptors (Lipinski definition) is 4. The van der Waals surface area contributed by atoms with Crippen LogP contribution in [0.4, 0.5) is 5.82 Å². The predicted molar refractivity (Wildman–Crippen MR) is 91.1 cm³/mol. The van der Waals surface area contributed by atoms with Crippen LogP contribution < -0.4 is 4.72 Å². The number of hydrogen-bond donors (Lipinski definition) is 2. The molecule has 0 saturated heterocycles. The molecular weight excluding hydrogens is 324 g/mol. The summed E-state index contributed by atoms with van der Waals surface area (Å²) in [7, 11) is -3.65. The maximum atomic E-state index is 12.6. The fraction of sp³-hybridized carbons (Fsp3) is 0.176. The molecule has 0 atom stereocenters. The summed E-state index contributed by atoms with van der Waals surface area (Å²) in [5, 5.41) is 6.87. The summed E-state index contributed by atoms with van der Waals surface area (Å²) in [6.45, 7) is 0. The van der Waals surface area contributed by atoms with Crippen LogP contribution in [0.15, 0.2) is 53.7 Å². The van der Waals surface area contributed by atoms with Crippen LogP contribution in [0.2, 0.25) is 0 Å². The summed E-state index contributed by atoms with van der Waals surface area (Å²) in [6, 6.07) is 10.6. The second kappa shape index (κ2) is 5.76. The van der Waals surface area contributed by atoms with E-state index in [0.29, 0.717) is 0 Å². The van der Waals surface area contributed by atoms with Gasteiger partial charge in [-0.1, -0.05) is 6.07 Å². The topological polar surface area (TPSA) is 87.7 Å². The van der Waals surface area contributed by atoms with Gasteiger partial charge in [0.2, 0.25) is 0 Å². The van der Waals surface area contributed by atoms with E-state index < -0.39 is 10.0 Å². The van der Waals surface area contributed by atoms with Crippen molar-refractivity contribution >= 4 is 15.8 Å². The van der Waals surface area contributed by atoms with Gasteiger partial charge in [0.15, 0.2) is 5.82 Å². The molecule has 1 aromatic carbocycles. The summed E-state index contributed by atoms with van der Waals surface area (Å²) in [5.74, 6) is 0.266. The van der Waals surface area contributed by atoms with Gasteiger partial charge in [0.05, 0.1) is 10.6 Å². The van der Waals surface area contributed by atoms with Gasteiger partial charge in [0.1, 0.15) is 0 Å². The van der Waals surface area contributed by atoms with Gasteiger partial charge in [-0.05, 0) is 54.7 Å². The third-order valence-corrected chi connectivity index (χ3v) is 5.54. The molecule has 24 heavy (non-hydrogen) atoms. The number of aromatic nitrogens is 3. The first kappa shape index (κ1) is 14.9. The summed E-state index contributed by atoms with van der Waals surface area (Å²) >= 11 is 0. The first-order valence-corrected chi connectivity index (χ1v) is 9.20. The maximum absolute atomic E-state index is 12.6. The van der Waals surface area contributed by atoms with Crippen molar-refractivity contribution in [3.63, 3.8) is 0 Å². The van der Waals surface area contributed by atoms with Crippen LogP contribution in [0, 0.1) is 0 Å². The molecule has 0 spiro atoms. The molecule has 122 valence electrons. The molecule has 7 heteroatoms. The molecule has 1 aliphatic rings. The van der Waals surface area contributed by atoms with Gasteiger partial charge in [-0.15, -0.1) is 0 Å². The SMILES string of the molecule is O=S(=O)(Nc1cc(-c2ccncc2)[nH]n1)c1ccc2c(c1)CCC2. The third-order valence-electron chi connectivity index (χ3n) is 4.19. The minimum Gasteiger partial charge on any atom is -0.276 e. The first-order chi connectivity index (χ1) is 11.6. The lowest BCUT2D eigenvalue weighted by Gasteiger charge is -2.07. The number of fused-ring (bicyclic) bond motifs is 1. The van der Waals surface area contributed by atoms with Crippen molar-refractivity contribution in [2.75, 3.05) is 4.72 Å². The number of pyridine rings is 1. The number of anilines is 1. The van der Waals surface area contributed by atoms with E-state index in [4.69, 9.17) is 0 Å². The molecule has 0 amide bonds. The van der Waals surface area contributed by atoms with Gasteiger partial charge >= 0.3 is 0 Å². The molecule has 2 aromatic heterocycles. The minimum atomic E-state index is -3.65. The fourth-order valence-electron chi connectivity index (χ4n) is 2.97. The highest BCUT2D eigenvalue weighted by Gasteiger charge is 2.19. The number of rotatable bonds is 4.